The Morgan fingerprint density at radius 2 is 2.00 bits per heavy atom. The van der Waals surface area contributed by atoms with E-state index in [1.165, 1.54) is 24.8 Å². The van der Waals surface area contributed by atoms with E-state index in [2.05, 4.69) is 57.3 Å². The smallest absolute Gasteiger partial charge is 0.194 e. The van der Waals surface area contributed by atoms with Gasteiger partial charge in [0.15, 0.2) is 5.78 Å². The van der Waals surface area contributed by atoms with Gasteiger partial charge in [0, 0.05) is 25.2 Å². The lowest BCUT2D eigenvalue weighted by Crippen LogP contribution is -2.36. The maximum Gasteiger partial charge on any atom is 0.194 e. The standard InChI is InChI=1S/C30H41N3O2/c1-2-35-27-23-33(22-13-7-12-20-32-21-14-19-31-24-32)29(25-15-10-6-11-16-25)28(27)30(34)26-17-8-4-3-5-9-18-26/h3-4,6,9-10,15,17-18,24,29H,2,5,7-8,11-14,16,19-23H2,1H3/b4-3-,18-9-,26-17+. The number of hydrogen-bond acceptors (Lipinski definition) is 5. The van der Waals surface area contributed by atoms with Crippen LogP contribution in [-0.4, -0.2) is 67.3 Å². The fourth-order valence-electron chi connectivity index (χ4n) is 5.35. The van der Waals surface area contributed by atoms with Crippen molar-refractivity contribution in [3.8, 4) is 0 Å². The number of unbranched alkanes of at least 4 members (excludes halogenated alkanes) is 2. The number of ketones is 1. The average Bonchev–Trinajstić information content (AvgIpc) is 3.22. The molecule has 0 amide bonds. The highest BCUT2D eigenvalue weighted by Gasteiger charge is 2.39. The van der Waals surface area contributed by atoms with Gasteiger partial charge in [-0.25, -0.2) is 0 Å². The quantitative estimate of drug-likeness (QED) is 0.291. The lowest BCUT2D eigenvalue weighted by molar-refractivity contribution is -0.112. The molecule has 0 fully saturated rings. The van der Waals surface area contributed by atoms with Crippen LogP contribution in [0, 0.1) is 0 Å². The third kappa shape index (κ3) is 6.94. The van der Waals surface area contributed by atoms with Gasteiger partial charge in [0.25, 0.3) is 0 Å². The van der Waals surface area contributed by atoms with Crippen molar-refractivity contribution in [2.24, 2.45) is 4.99 Å². The molecule has 0 saturated carbocycles. The minimum atomic E-state index is 0.0125. The predicted octanol–water partition coefficient (Wildman–Crippen LogP) is 5.54. The van der Waals surface area contributed by atoms with Crippen LogP contribution in [0.4, 0.5) is 0 Å². The van der Waals surface area contributed by atoms with Gasteiger partial charge in [0.05, 0.1) is 31.1 Å². The summed E-state index contributed by atoms with van der Waals surface area (Å²) in [4.78, 5) is 23.2. The molecule has 0 aromatic heterocycles. The van der Waals surface area contributed by atoms with Crippen molar-refractivity contribution >= 4 is 12.1 Å². The zero-order valence-electron chi connectivity index (χ0n) is 21.3. The summed E-state index contributed by atoms with van der Waals surface area (Å²) in [5.74, 6) is 1.00. The van der Waals surface area contributed by atoms with Gasteiger partial charge in [-0.2, -0.15) is 0 Å². The summed E-state index contributed by atoms with van der Waals surface area (Å²) in [6, 6.07) is 0.0125. The summed E-state index contributed by atoms with van der Waals surface area (Å²) in [7, 11) is 0. The molecule has 1 unspecified atom stereocenters. The maximum atomic E-state index is 13.9. The highest BCUT2D eigenvalue weighted by atomic mass is 16.5. The lowest BCUT2D eigenvalue weighted by atomic mass is 9.88. The summed E-state index contributed by atoms with van der Waals surface area (Å²) in [5.41, 5.74) is 2.99. The van der Waals surface area contributed by atoms with Crippen LogP contribution >= 0.6 is 0 Å². The minimum Gasteiger partial charge on any atom is -0.496 e. The zero-order valence-corrected chi connectivity index (χ0v) is 21.3. The molecule has 188 valence electrons. The zero-order chi connectivity index (χ0) is 24.3. The van der Waals surface area contributed by atoms with Gasteiger partial charge in [-0.05, 0) is 64.0 Å². The molecule has 0 bridgehead atoms. The van der Waals surface area contributed by atoms with E-state index in [9.17, 15) is 4.79 Å². The second-order valence-corrected chi connectivity index (χ2v) is 9.66. The average molecular weight is 476 g/mol. The Morgan fingerprint density at radius 3 is 2.80 bits per heavy atom. The van der Waals surface area contributed by atoms with Gasteiger partial charge < -0.3 is 9.64 Å². The van der Waals surface area contributed by atoms with Crippen LogP contribution in [0.2, 0.25) is 0 Å². The molecule has 5 nitrogen and oxygen atoms in total. The first-order valence-corrected chi connectivity index (χ1v) is 13.5. The third-order valence-corrected chi connectivity index (χ3v) is 7.09. The summed E-state index contributed by atoms with van der Waals surface area (Å²) >= 11 is 0. The number of carbonyl (C=O) groups is 1. The van der Waals surface area contributed by atoms with E-state index < -0.39 is 0 Å². The molecule has 0 aromatic rings. The van der Waals surface area contributed by atoms with E-state index in [0.717, 1.165) is 81.7 Å². The van der Waals surface area contributed by atoms with Crippen LogP contribution in [0.3, 0.4) is 0 Å². The number of nitrogens with zero attached hydrogens (tertiary/aromatic N) is 3. The molecule has 4 aliphatic rings. The highest BCUT2D eigenvalue weighted by Crippen LogP contribution is 2.36. The first kappa shape index (κ1) is 25.4. The first-order valence-electron chi connectivity index (χ1n) is 13.5. The van der Waals surface area contributed by atoms with E-state index in [1.54, 1.807) is 0 Å². The van der Waals surface area contributed by atoms with Gasteiger partial charge in [-0.3, -0.25) is 14.7 Å². The Morgan fingerprint density at radius 1 is 1.11 bits per heavy atom. The van der Waals surface area contributed by atoms with Gasteiger partial charge in [-0.1, -0.05) is 55.0 Å². The van der Waals surface area contributed by atoms with Crippen LogP contribution in [0.25, 0.3) is 0 Å². The van der Waals surface area contributed by atoms with Crippen LogP contribution in [0.1, 0.15) is 58.3 Å². The maximum absolute atomic E-state index is 13.9. The Hall–Kier alpha value is -2.66. The van der Waals surface area contributed by atoms with Crippen LogP contribution < -0.4 is 0 Å². The molecule has 0 N–H and O–H groups in total. The topological polar surface area (TPSA) is 45.1 Å². The number of allylic oxidation sites excluding steroid dienone is 9. The monoisotopic (exact) mass is 475 g/mol. The molecule has 0 spiro atoms. The lowest BCUT2D eigenvalue weighted by Gasteiger charge is -2.29. The van der Waals surface area contributed by atoms with Crippen molar-refractivity contribution in [2.75, 3.05) is 39.3 Å². The molecule has 0 aromatic carbocycles. The predicted molar refractivity (Wildman–Crippen MR) is 144 cm³/mol. The molecule has 5 heteroatoms. The Labute approximate surface area is 211 Å². The molecule has 1 atom stereocenters. The summed E-state index contributed by atoms with van der Waals surface area (Å²) in [6.45, 7) is 7.48. The van der Waals surface area contributed by atoms with Gasteiger partial charge in [0.2, 0.25) is 0 Å². The molecule has 0 radical (unpaired) electrons. The van der Waals surface area contributed by atoms with Crippen LogP contribution in [-0.2, 0) is 9.53 Å². The largest absolute Gasteiger partial charge is 0.496 e. The van der Waals surface area contributed by atoms with E-state index in [-0.39, 0.29) is 11.8 Å². The molecule has 4 rings (SSSR count). The van der Waals surface area contributed by atoms with E-state index in [1.807, 2.05) is 19.3 Å². The van der Waals surface area contributed by atoms with Crippen molar-refractivity contribution in [1.82, 2.24) is 9.80 Å². The molecule has 2 aliphatic heterocycles. The van der Waals surface area contributed by atoms with E-state index >= 15 is 0 Å². The SMILES string of the molecule is CCOC1=C(C(=O)C2=C/C/C=C\C/C=C\2)C(C2=CC=CCC2)N(CCCCCN2C=NCCC2)C1. The highest BCUT2D eigenvalue weighted by molar-refractivity contribution is 6.12. The molecular weight excluding hydrogens is 434 g/mol. The summed E-state index contributed by atoms with van der Waals surface area (Å²) < 4.78 is 6.13. The number of carbonyl (C=O) groups excluding carboxylic acids is 1. The second-order valence-electron chi connectivity index (χ2n) is 9.66. The summed E-state index contributed by atoms with van der Waals surface area (Å²) in [5, 5.41) is 0. The Kier molecular flexibility index (Phi) is 9.76. The van der Waals surface area contributed by atoms with Crippen molar-refractivity contribution in [2.45, 2.75) is 64.3 Å². The van der Waals surface area contributed by atoms with Gasteiger partial charge in [-0.15, -0.1) is 0 Å². The molecular formula is C30H41N3O2. The van der Waals surface area contributed by atoms with Crippen LogP contribution in [0.5, 0.6) is 0 Å². The number of ether oxygens (including phenoxy) is 1. The van der Waals surface area contributed by atoms with Crippen molar-refractivity contribution < 1.29 is 9.53 Å². The molecule has 2 aliphatic carbocycles. The van der Waals surface area contributed by atoms with Crippen molar-refractivity contribution in [3.63, 3.8) is 0 Å². The number of hydrogen-bond donors (Lipinski definition) is 0. The molecule has 2 heterocycles. The summed E-state index contributed by atoms with van der Waals surface area (Å²) in [6.07, 6.45) is 27.4. The van der Waals surface area contributed by atoms with Crippen molar-refractivity contribution in [3.05, 3.63) is 71.1 Å². The molecule has 35 heavy (non-hydrogen) atoms. The Balaban J connectivity index is 1.48. The molecule has 0 saturated heterocycles. The fraction of sp³-hybridized carbons (Fsp3) is 0.533. The Bertz CT molecular complexity index is 951. The van der Waals surface area contributed by atoms with Gasteiger partial charge >= 0.3 is 0 Å². The normalized spacial score (nSPS) is 26.1. The minimum absolute atomic E-state index is 0.0125. The van der Waals surface area contributed by atoms with Crippen LogP contribution in [0.15, 0.2) is 76.1 Å². The van der Waals surface area contributed by atoms with E-state index in [0.29, 0.717) is 6.61 Å². The number of aliphatic imine (C=N–C) groups is 1. The number of rotatable bonds is 11. The fourth-order valence-corrected chi connectivity index (χ4v) is 5.35. The van der Waals surface area contributed by atoms with Gasteiger partial charge in [0.1, 0.15) is 5.76 Å². The van der Waals surface area contributed by atoms with E-state index in [4.69, 9.17) is 4.74 Å². The number of Topliss-reactive ketones (excluding diaryl/α,β-unsaturated/α-hetero) is 1. The first-order chi connectivity index (χ1) is 17.3. The third-order valence-electron chi connectivity index (χ3n) is 7.09. The van der Waals surface area contributed by atoms with Crippen molar-refractivity contribution in [1.29, 1.82) is 0 Å². The second kappa shape index (κ2) is 13.4.